The largest absolute Gasteiger partial charge is 0.334 e. The molecule has 152 valence electrons. The predicted octanol–water partition coefficient (Wildman–Crippen LogP) is 5.82. The fourth-order valence-corrected chi connectivity index (χ4v) is 4.90. The van der Waals surface area contributed by atoms with E-state index in [4.69, 9.17) is 4.52 Å². The first-order chi connectivity index (χ1) is 15.2. The molecule has 1 aliphatic carbocycles. The number of rotatable bonds is 3. The van der Waals surface area contributed by atoms with Crippen LogP contribution < -0.4 is 4.90 Å². The van der Waals surface area contributed by atoms with Crippen molar-refractivity contribution >= 4 is 23.4 Å². The molecule has 0 atom stereocenters. The topological polar surface area (TPSA) is 59.2 Å². The second-order valence-corrected chi connectivity index (χ2v) is 8.70. The van der Waals surface area contributed by atoms with Gasteiger partial charge in [-0.2, -0.15) is 4.98 Å². The maximum atomic E-state index is 13.5. The zero-order valence-electron chi connectivity index (χ0n) is 16.3. The lowest BCUT2D eigenvalue weighted by Crippen LogP contribution is -2.32. The van der Waals surface area contributed by atoms with Gasteiger partial charge in [-0.1, -0.05) is 35.1 Å². The van der Waals surface area contributed by atoms with Gasteiger partial charge in [0, 0.05) is 27.0 Å². The number of halogens is 1. The number of nitrogens with zero attached hydrogens (tertiary/aromatic N) is 3. The van der Waals surface area contributed by atoms with Gasteiger partial charge in [-0.15, -0.1) is 0 Å². The molecule has 4 aromatic rings. The Bertz CT molecular complexity index is 1330. The van der Waals surface area contributed by atoms with E-state index in [0.29, 0.717) is 11.4 Å². The van der Waals surface area contributed by atoms with Gasteiger partial charge in [-0.3, -0.25) is 4.79 Å². The minimum atomic E-state index is -0.359. The second-order valence-electron chi connectivity index (χ2n) is 7.62. The number of benzene rings is 3. The Morgan fingerprint density at radius 1 is 0.968 bits per heavy atom. The second kappa shape index (κ2) is 7.06. The van der Waals surface area contributed by atoms with E-state index in [-0.39, 0.29) is 23.7 Å². The van der Waals surface area contributed by atoms with Gasteiger partial charge in [-0.05, 0) is 61.4 Å². The Kier molecular flexibility index (Phi) is 4.17. The highest BCUT2D eigenvalue weighted by Gasteiger charge is 2.38. The van der Waals surface area contributed by atoms with Crippen molar-refractivity contribution in [2.75, 3.05) is 4.90 Å². The number of carbonyl (C=O) groups is 1. The number of fused-ring (bicyclic) bond motifs is 2. The summed E-state index contributed by atoms with van der Waals surface area (Å²) in [7, 11) is 0. The SMILES string of the molecule is O=C1c2ccccc2Sc2cc(-c3noc(-c4cccc(F)c4)n3)ccc2N1C1CC1. The summed E-state index contributed by atoms with van der Waals surface area (Å²) in [4.78, 5) is 21.5. The maximum absolute atomic E-state index is 13.5. The molecule has 6 rings (SSSR count). The van der Waals surface area contributed by atoms with Crippen LogP contribution in [0.1, 0.15) is 23.2 Å². The Hall–Kier alpha value is -3.45. The Morgan fingerprint density at radius 2 is 1.84 bits per heavy atom. The van der Waals surface area contributed by atoms with Crippen molar-refractivity contribution in [1.82, 2.24) is 10.1 Å². The molecular weight excluding hydrogens is 413 g/mol. The van der Waals surface area contributed by atoms with Gasteiger partial charge in [0.15, 0.2) is 0 Å². The summed E-state index contributed by atoms with van der Waals surface area (Å²) >= 11 is 1.57. The summed E-state index contributed by atoms with van der Waals surface area (Å²) in [6.07, 6.45) is 2.03. The number of amides is 1. The minimum absolute atomic E-state index is 0.0463. The zero-order chi connectivity index (χ0) is 20.9. The number of hydrogen-bond donors (Lipinski definition) is 0. The predicted molar refractivity (Wildman–Crippen MR) is 116 cm³/mol. The van der Waals surface area contributed by atoms with E-state index in [2.05, 4.69) is 10.1 Å². The lowest BCUT2D eigenvalue weighted by molar-refractivity contribution is 0.0982. The molecule has 3 aromatic carbocycles. The molecular formula is C24H16FN3O2S. The van der Waals surface area contributed by atoms with Gasteiger partial charge in [0.1, 0.15) is 5.82 Å². The van der Waals surface area contributed by atoms with Crippen molar-refractivity contribution < 1.29 is 13.7 Å². The number of aromatic nitrogens is 2. The van der Waals surface area contributed by atoms with Gasteiger partial charge >= 0.3 is 0 Å². The Morgan fingerprint density at radius 3 is 2.68 bits per heavy atom. The van der Waals surface area contributed by atoms with Crippen molar-refractivity contribution in [1.29, 1.82) is 0 Å². The highest BCUT2D eigenvalue weighted by Crippen LogP contribution is 2.46. The molecule has 0 bridgehead atoms. The monoisotopic (exact) mass is 429 g/mol. The molecule has 2 heterocycles. The van der Waals surface area contributed by atoms with Crippen LogP contribution in [0.4, 0.5) is 10.1 Å². The van der Waals surface area contributed by atoms with Crippen LogP contribution in [0.2, 0.25) is 0 Å². The van der Waals surface area contributed by atoms with Crippen LogP contribution >= 0.6 is 11.8 Å². The molecule has 1 saturated carbocycles. The quantitative estimate of drug-likeness (QED) is 0.411. The average molecular weight is 429 g/mol. The van der Waals surface area contributed by atoms with E-state index in [0.717, 1.165) is 39.4 Å². The first-order valence-corrected chi connectivity index (χ1v) is 10.8. The fraction of sp³-hybridized carbons (Fsp3) is 0.125. The van der Waals surface area contributed by atoms with Gasteiger partial charge in [0.05, 0.1) is 11.3 Å². The lowest BCUT2D eigenvalue weighted by atomic mass is 10.1. The molecule has 2 aliphatic rings. The van der Waals surface area contributed by atoms with Gasteiger partial charge < -0.3 is 9.42 Å². The standard InChI is InChI=1S/C24H16FN3O2S/c25-16-5-3-4-15(12-16)23-26-22(27-30-23)14-8-11-19-21(13-14)31-20-7-2-1-6-18(20)24(29)28(19)17-9-10-17/h1-8,11-13,17H,9-10H2. The van der Waals surface area contributed by atoms with E-state index < -0.39 is 0 Å². The normalized spacial score (nSPS) is 15.4. The van der Waals surface area contributed by atoms with Crippen molar-refractivity contribution in [3.05, 3.63) is 78.1 Å². The van der Waals surface area contributed by atoms with E-state index in [9.17, 15) is 9.18 Å². The van der Waals surface area contributed by atoms with Crippen LogP contribution in [-0.4, -0.2) is 22.1 Å². The van der Waals surface area contributed by atoms with E-state index in [1.165, 1.54) is 12.1 Å². The molecule has 7 heteroatoms. The summed E-state index contributed by atoms with van der Waals surface area (Å²) < 4.78 is 18.9. The molecule has 0 saturated heterocycles. The van der Waals surface area contributed by atoms with E-state index >= 15 is 0 Å². The summed E-state index contributed by atoms with van der Waals surface area (Å²) in [5, 5.41) is 4.09. The van der Waals surface area contributed by atoms with E-state index in [1.54, 1.807) is 23.9 Å². The molecule has 31 heavy (non-hydrogen) atoms. The first kappa shape index (κ1) is 18.3. The number of carbonyl (C=O) groups excluding carboxylic acids is 1. The minimum Gasteiger partial charge on any atom is -0.334 e. The molecule has 1 aliphatic heterocycles. The molecule has 0 unspecified atom stereocenters. The van der Waals surface area contributed by atoms with Crippen LogP contribution in [0.3, 0.4) is 0 Å². The van der Waals surface area contributed by atoms with Crippen LogP contribution in [0.25, 0.3) is 22.8 Å². The van der Waals surface area contributed by atoms with Crippen LogP contribution in [0, 0.1) is 5.82 Å². The molecule has 5 nitrogen and oxygen atoms in total. The van der Waals surface area contributed by atoms with Crippen molar-refractivity contribution in [3.63, 3.8) is 0 Å². The lowest BCUT2D eigenvalue weighted by Gasteiger charge is -2.22. The summed E-state index contributed by atoms with van der Waals surface area (Å²) in [6, 6.07) is 19.9. The number of anilines is 1. The average Bonchev–Trinajstić information content (AvgIpc) is 3.51. The fourth-order valence-electron chi connectivity index (χ4n) is 3.80. The van der Waals surface area contributed by atoms with E-state index in [1.807, 2.05) is 47.4 Å². The molecule has 0 radical (unpaired) electrons. The van der Waals surface area contributed by atoms with Crippen LogP contribution in [-0.2, 0) is 0 Å². The van der Waals surface area contributed by atoms with Crippen molar-refractivity contribution in [2.24, 2.45) is 0 Å². The zero-order valence-corrected chi connectivity index (χ0v) is 17.1. The van der Waals surface area contributed by atoms with Gasteiger partial charge in [0.2, 0.25) is 5.82 Å². The summed E-state index contributed by atoms with van der Waals surface area (Å²) in [5.41, 5.74) is 2.94. The summed E-state index contributed by atoms with van der Waals surface area (Å²) in [5.74, 6) is 0.369. The third-order valence-corrected chi connectivity index (χ3v) is 6.57. The highest BCUT2D eigenvalue weighted by molar-refractivity contribution is 7.99. The first-order valence-electron chi connectivity index (χ1n) is 10.0. The van der Waals surface area contributed by atoms with Crippen molar-refractivity contribution in [2.45, 2.75) is 28.7 Å². The Labute approximate surface area is 181 Å². The molecule has 0 N–H and O–H groups in total. The smallest absolute Gasteiger partial charge is 0.259 e. The maximum Gasteiger partial charge on any atom is 0.259 e. The van der Waals surface area contributed by atoms with Gasteiger partial charge in [-0.25, -0.2) is 4.39 Å². The Balaban J connectivity index is 1.43. The molecule has 0 spiro atoms. The third-order valence-electron chi connectivity index (χ3n) is 5.44. The molecule has 1 fully saturated rings. The molecule has 1 aromatic heterocycles. The van der Waals surface area contributed by atoms with Crippen LogP contribution in [0.15, 0.2) is 81.0 Å². The number of hydrogen-bond acceptors (Lipinski definition) is 5. The van der Waals surface area contributed by atoms with Gasteiger partial charge in [0.25, 0.3) is 11.8 Å². The van der Waals surface area contributed by atoms with Crippen molar-refractivity contribution in [3.8, 4) is 22.8 Å². The molecule has 1 amide bonds. The van der Waals surface area contributed by atoms with Crippen LogP contribution in [0.5, 0.6) is 0 Å². The summed E-state index contributed by atoms with van der Waals surface area (Å²) in [6.45, 7) is 0. The third kappa shape index (κ3) is 3.21. The highest BCUT2D eigenvalue weighted by atomic mass is 32.2.